The number of likely N-dealkylation sites (N-methyl/N-ethyl adjacent to an activating group) is 1. The summed E-state index contributed by atoms with van der Waals surface area (Å²) >= 11 is 0. The lowest BCUT2D eigenvalue weighted by Crippen LogP contribution is -2.33. The number of hydrogen-bond acceptors (Lipinski definition) is 4. The van der Waals surface area contributed by atoms with Crippen LogP contribution in [0.4, 0.5) is 4.39 Å². The lowest BCUT2D eigenvalue weighted by molar-refractivity contribution is -0.143. The van der Waals surface area contributed by atoms with E-state index in [9.17, 15) is 9.59 Å². The molecule has 0 N–H and O–H groups in total. The zero-order chi connectivity index (χ0) is 21.8. The Labute approximate surface area is 183 Å². The van der Waals surface area contributed by atoms with Gasteiger partial charge in [-0.25, -0.2) is 4.39 Å². The van der Waals surface area contributed by atoms with Crippen LogP contribution in [0.5, 0.6) is 5.75 Å². The van der Waals surface area contributed by atoms with Crippen LogP contribution in [-0.4, -0.2) is 43.6 Å². The summed E-state index contributed by atoms with van der Waals surface area (Å²) in [5.74, 6) is 1.81. The number of rotatable bonds is 8. The monoisotopic (exact) mass is 429 g/mol. The molecule has 5 fully saturated rings. The molecule has 2 atom stereocenters. The summed E-state index contributed by atoms with van der Waals surface area (Å²) in [5.41, 5.74) is 1.21. The van der Waals surface area contributed by atoms with E-state index in [0.29, 0.717) is 18.3 Å². The molecule has 6 rings (SSSR count). The van der Waals surface area contributed by atoms with E-state index in [-0.39, 0.29) is 24.1 Å². The maximum Gasteiger partial charge on any atom is 0.325 e. The van der Waals surface area contributed by atoms with Crippen molar-refractivity contribution in [1.29, 1.82) is 0 Å². The molecule has 0 spiro atoms. The second kappa shape index (κ2) is 7.79. The van der Waals surface area contributed by atoms with Crippen molar-refractivity contribution in [2.75, 3.05) is 26.8 Å². The Hall–Kier alpha value is -2.11. The highest BCUT2D eigenvalue weighted by Crippen LogP contribution is 2.65. The second-order valence-electron chi connectivity index (χ2n) is 10.3. The Morgan fingerprint density at radius 2 is 1.87 bits per heavy atom. The van der Waals surface area contributed by atoms with Gasteiger partial charge in [-0.05, 0) is 87.2 Å². The fourth-order valence-corrected chi connectivity index (χ4v) is 6.67. The summed E-state index contributed by atoms with van der Waals surface area (Å²) in [6.07, 6.45) is 8.64. The van der Waals surface area contributed by atoms with Crippen LogP contribution >= 0.6 is 0 Å². The SMILES string of the molecule is CCOC(=O)CN(C)C(=O)c1cc(C2CC2)c(OCC23CC4CC(CC2C4)C3)cc1F. The zero-order valence-electron chi connectivity index (χ0n) is 18.5. The normalized spacial score (nSPS) is 30.5. The molecule has 0 saturated heterocycles. The summed E-state index contributed by atoms with van der Waals surface area (Å²) < 4.78 is 26.2. The van der Waals surface area contributed by atoms with Crippen LogP contribution in [0.1, 0.15) is 73.7 Å². The van der Waals surface area contributed by atoms with Gasteiger partial charge >= 0.3 is 5.97 Å². The van der Waals surface area contributed by atoms with E-state index in [4.69, 9.17) is 9.47 Å². The van der Waals surface area contributed by atoms with Crippen molar-refractivity contribution in [3.63, 3.8) is 0 Å². The molecule has 5 aliphatic rings. The molecule has 5 nitrogen and oxygen atoms in total. The molecule has 2 unspecified atom stereocenters. The molecule has 5 saturated carbocycles. The Bertz CT molecular complexity index is 882. The molecule has 5 aliphatic carbocycles. The maximum atomic E-state index is 15.0. The third-order valence-corrected chi connectivity index (χ3v) is 8.04. The van der Waals surface area contributed by atoms with Crippen molar-refractivity contribution >= 4 is 11.9 Å². The summed E-state index contributed by atoms with van der Waals surface area (Å²) in [7, 11) is 1.49. The van der Waals surface area contributed by atoms with Crippen molar-refractivity contribution in [3.05, 3.63) is 29.1 Å². The minimum absolute atomic E-state index is 0.0000606. The van der Waals surface area contributed by atoms with Gasteiger partial charge in [0, 0.05) is 18.5 Å². The van der Waals surface area contributed by atoms with Crippen LogP contribution in [0.15, 0.2) is 12.1 Å². The topological polar surface area (TPSA) is 55.8 Å². The number of nitrogens with zero attached hydrogens (tertiary/aromatic N) is 1. The molecule has 4 bridgehead atoms. The largest absolute Gasteiger partial charge is 0.493 e. The lowest BCUT2D eigenvalue weighted by atomic mass is 9.76. The molecule has 0 radical (unpaired) electrons. The highest BCUT2D eigenvalue weighted by molar-refractivity contribution is 5.96. The van der Waals surface area contributed by atoms with Crippen molar-refractivity contribution in [1.82, 2.24) is 4.90 Å². The molecule has 1 aromatic rings. The molecule has 0 heterocycles. The van der Waals surface area contributed by atoms with Crippen LogP contribution in [0, 0.1) is 29.0 Å². The van der Waals surface area contributed by atoms with Gasteiger partial charge in [0.15, 0.2) is 0 Å². The third kappa shape index (κ3) is 3.83. The number of carbonyl (C=O) groups excluding carboxylic acids is 2. The third-order valence-electron chi connectivity index (χ3n) is 8.04. The van der Waals surface area contributed by atoms with Gasteiger partial charge in [0.05, 0.1) is 18.8 Å². The van der Waals surface area contributed by atoms with Crippen molar-refractivity contribution in [2.45, 2.75) is 57.8 Å². The molecule has 0 aromatic heterocycles. The van der Waals surface area contributed by atoms with Gasteiger partial charge in [-0.2, -0.15) is 0 Å². The van der Waals surface area contributed by atoms with E-state index in [2.05, 4.69) is 0 Å². The Morgan fingerprint density at radius 1 is 1.16 bits per heavy atom. The Kier molecular flexibility index (Phi) is 5.22. The predicted octanol–water partition coefficient (Wildman–Crippen LogP) is 4.54. The summed E-state index contributed by atoms with van der Waals surface area (Å²) in [6.45, 7) is 2.42. The molecule has 168 valence electrons. The van der Waals surface area contributed by atoms with E-state index in [1.165, 1.54) is 50.1 Å². The quantitative estimate of drug-likeness (QED) is 0.569. The number of hydrogen-bond donors (Lipinski definition) is 0. The fraction of sp³-hybridized carbons (Fsp3) is 0.680. The first kappa shape index (κ1) is 20.8. The number of esters is 1. The zero-order valence-corrected chi connectivity index (χ0v) is 18.5. The molecular weight excluding hydrogens is 397 g/mol. The van der Waals surface area contributed by atoms with Gasteiger partial charge in [0.1, 0.15) is 18.1 Å². The minimum atomic E-state index is -0.588. The smallest absolute Gasteiger partial charge is 0.325 e. The van der Waals surface area contributed by atoms with Gasteiger partial charge in [-0.15, -0.1) is 0 Å². The average Bonchev–Trinajstić information content (AvgIpc) is 3.49. The van der Waals surface area contributed by atoms with Crippen LogP contribution in [0.3, 0.4) is 0 Å². The molecule has 1 amide bonds. The fourth-order valence-electron chi connectivity index (χ4n) is 6.67. The highest BCUT2D eigenvalue weighted by atomic mass is 19.1. The van der Waals surface area contributed by atoms with Gasteiger partial charge in [0.25, 0.3) is 5.91 Å². The minimum Gasteiger partial charge on any atom is -0.493 e. The number of halogens is 1. The Morgan fingerprint density at radius 3 is 2.52 bits per heavy atom. The number of amides is 1. The van der Waals surface area contributed by atoms with Crippen LogP contribution in [-0.2, 0) is 9.53 Å². The summed E-state index contributed by atoms with van der Waals surface area (Å²) in [4.78, 5) is 25.7. The average molecular weight is 430 g/mol. The van der Waals surface area contributed by atoms with Gasteiger partial charge in [-0.1, -0.05) is 0 Å². The first-order valence-electron chi connectivity index (χ1n) is 11.8. The van der Waals surface area contributed by atoms with E-state index >= 15 is 4.39 Å². The van der Waals surface area contributed by atoms with Crippen LogP contribution < -0.4 is 4.74 Å². The number of benzene rings is 1. The predicted molar refractivity (Wildman–Crippen MR) is 113 cm³/mol. The highest BCUT2D eigenvalue weighted by Gasteiger charge is 2.58. The van der Waals surface area contributed by atoms with Gasteiger partial charge in [0.2, 0.25) is 0 Å². The van der Waals surface area contributed by atoms with Crippen molar-refractivity contribution in [2.24, 2.45) is 23.2 Å². The second-order valence-corrected chi connectivity index (χ2v) is 10.3. The standard InChI is InChI=1S/C25H32FNO4/c1-3-30-23(28)13-27(2)24(29)20-9-19(17-4-5-17)22(10-21(20)26)31-14-25-11-15-6-16(12-25)8-18(25)7-15/h9-10,15-18H,3-8,11-14H2,1-2H3. The Balaban J connectivity index is 1.33. The van der Waals surface area contributed by atoms with Gasteiger partial charge in [-0.3, -0.25) is 9.59 Å². The number of ether oxygens (including phenoxy) is 2. The lowest BCUT2D eigenvalue weighted by Gasteiger charge is -2.33. The molecule has 0 aliphatic heterocycles. The first-order chi connectivity index (χ1) is 14.9. The molecule has 31 heavy (non-hydrogen) atoms. The van der Waals surface area contributed by atoms with E-state index < -0.39 is 17.7 Å². The summed E-state index contributed by atoms with van der Waals surface area (Å²) in [6, 6.07) is 3.05. The van der Waals surface area contributed by atoms with E-state index in [0.717, 1.165) is 36.2 Å². The number of carbonyl (C=O) groups is 2. The maximum absolute atomic E-state index is 15.0. The van der Waals surface area contributed by atoms with Crippen LogP contribution in [0.25, 0.3) is 0 Å². The van der Waals surface area contributed by atoms with Crippen molar-refractivity contribution in [3.8, 4) is 5.75 Å². The first-order valence-corrected chi connectivity index (χ1v) is 11.8. The molecular formula is C25H32FNO4. The van der Waals surface area contributed by atoms with Crippen molar-refractivity contribution < 1.29 is 23.5 Å². The summed E-state index contributed by atoms with van der Waals surface area (Å²) in [5, 5.41) is 0. The van der Waals surface area contributed by atoms with E-state index in [1.54, 1.807) is 13.0 Å². The van der Waals surface area contributed by atoms with E-state index in [1.807, 2.05) is 0 Å². The van der Waals surface area contributed by atoms with Crippen LogP contribution in [0.2, 0.25) is 0 Å². The molecule has 1 aromatic carbocycles. The van der Waals surface area contributed by atoms with Gasteiger partial charge < -0.3 is 14.4 Å². The molecule has 6 heteroatoms.